The third-order valence-corrected chi connectivity index (χ3v) is 2.31. The molecule has 0 aromatic carbocycles. The van der Waals surface area contributed by atoms with Crippen molar-refractivity contribution in [2.75, 3.05) is 12.4 Å². The van der Waals surface area contributed by atoms with Gasteiger partial charge in [0.2, 0.25) is 5.88 Å². The van der Waals surface area contributed by atoms with Crippen LogP contribution in [0.15, 0.2) is 23.2 Å². The molecule has 1 aromatic rings. The molecule has 0 fully saturated rings. The zero-order valence-electron chi connectivity index (χ0n) is 5.41. The number of ether oxygens (including phenoxy) is 1. The molecule has 0 unspecified atom stereocenters. The Bertz CT molecular complexity index is 214. The van der Waals surface area contributed by atoms with E-state index in [1.54, 1.807) is 18.0 Å². The van der Waals surface area contributed by atoms with Gasteiger partial charge >= 0.3 is 0 Å². The Kier molecular flexibility index (Phi) is 1.51. The van der Waals surface area contributed by atoms with Crippen molar-refractivity contribution in [2.24, 2.45) is 0 Å². The van der Waals surface area contributed by atoms with Crippen LogP contribution < -0.4 is 4.74 Å². The largest absolute Gasteiger partial charge is 0.476 e. The number of fused-ring (bicyclic) bond motifs is 1. The number of hydrogen-bond donors (Lipinski definition) is 0. The maximum Gasteiger partial charge on any atom is 0.227 e. The van der Waals surface area contributed by atoms with E-state index in [4.69, 9.17) is 4.74 Å². The summed E-state index contributed by atoms with van der Waals surface area (Å²) in [5.74, 6) is 1.83. The first-order chi connectivity index (χ1) is 4.97. The average molecular weight is 153 g/mol. The molecule has 1 aromatic heterocycles. The molecule has 1 aliphatic heterocycles. The van der Waals surface area contributed by atoms with Gasteiger partial charge in [0, 0.05) is 11.9 Å². The van der Waals surface area contributed by atoms with Crippen molar-refractivity contribution in [3.63, 3.8) is 0 Å². The van der Waals surface area contributed by atoms with Crippen LogP contribution in [0.3, 0.4) is 0 Å². The van der Waals surface area contributed by atoms with Crippen LogP contribution in [0, 0.1) is 0 Å². The van der Waals surface area contributed by atoms with E-state index in [-0.39, 0.29) is 0 Å². The minimum Gasteiger partial charge on any atom is -0.476 e. The van der Waals surface area contributed by atoms with Crippen molar-refractivity contribution in [1.82, 2.24) is 4.98 Å². The summed E-state index contributed by atoms with van der Waals surface area (Å²) in [5.41, 5.74) is 0. The zero-order valence-corrected chi connectivity index (χ0v) is 6.23. The number of nitrogens with zero attached hydrogens (tertiary/aromatic N) is 1. The summed E-state index contributed by atoms with van der Waals surface area (Å²) in [7, 11) is 0. The van der Waals surface area contributed by atoms with E-state index in [2.05, 4.69) is 4.98 Å². The highest BCUT2D eigenvalue weighted by Crippen LogP contribution is 2.29. The molecule has 2 heterocycles. The first-order valence-corrected chi connectivity index (χ1v) is 4.16. The number of thioether (sulfide) groups is 1. The summed E-state index contributed by atoms with van der Waals surface area (Å²) in [4.78, 5) is 5.24. The topological polar surface area (TPSA) is 22.1 Å². The Morgan fingerprint density at radius 2 is 2.60 bits per heavy atom. The molecule has 0 N–H and O–H groups in total. The summed E-state index contributed by atoms with van der Waals surface area (Å²) in [6.45, 7) is 0.786. The quantitative estimate of drug-likeness (QED) is 0.564. The average Bonchev–Trinajstić information content (AvgIpc) is 2.05. The summed E-state index contributed by atoms with van der Waals surface area (Å²) in [6, 6.07) is 3.96. The second-order valence-corrected chi connectivity index (χ2v) is 3.14. The van der Waals surface area contributed by atoms with Gasteiger partial charge in [-0.25, -0.2) is 4.98 Å². The lowest BCUT2D eigenvalue weighted by molar-refractivity contribution is 0.316. The van der Waals surface area contributed by atoms with E-state index in [0.717, 1.165) is 23.1 Å². The van der Waals surface area contributed by atoms with Gasteiger partial charge in [-0.3, -0.25) is 0 Å². The van der Waals surface area contributed by atoms with Gasteiger partial charge in [-0.15, -0.1) is 11.8 Å². The smallest absolute Gasteiger partial charge is 0.227 e. The normalized spacial score (nSPS) is 15.6. The fourth-order valence-electron chi connectivity index (χ4n) is 0.884. The maximum atomic E-state index is 5.29. The lowest BCUT2D eigenvalue weighted by atomic mass is 10.5. The van der Waals surface area contributed by atoms with Gasteiger partial charge in [-0.1, -0.05) is 0 Å². The van der Waals surface area contributed by atoms with Crippen molar-refractivity contribution in [3.8, 4) is 5.88 Å². The summed E-state index contributed by atoms with van der Waals surface area (Å²) < 4.78 is 5.29. The minimum atomic E-state index is 0.786. The fraction of sp³-hybridized carbons (Fsp3) is 0.286. The molecule has 0 radical (unpaired) electrons. The summed E-state index contributed by atoms with van der Waals surface area (Å²) >= 11 is 1.80. The van der Waals surface area contributed by atoms with E-state index in [9.17, 15) is 0 Å². The van der Waals surface area contributed by atoms with Gasteiger partial charge in [0.25, 0.3) is 0 Å². The Morgan fingerprint density at radius 3 is 3.50 bits per heavy atom. The number of rotatable bonds is 0. The van der Waals surface area contributed by atoms with Crippen molar-refractivity contribution in [3.05, 3.63) is 18.3 Å². The minimum absolute atomic E-state index is 0.786. The van der Waals surface area contributed by atoms with Gasteiger partial charge in [-0.05, 0) is 12.1 Å². The molecule has 0 amide bonds. The van der Waals surface area contributed by atoms with Gasteiger partial charge in [0.05, 0.1) is 11.5 Å². The molecule has 0 spiro atoms. The fourth-order valence-corrected chi connectivity index (χ4v) is 1.68. The van der Waals surface area contributed by atoms with E-state index in [1.807, 2.05) is 12.1 Å². The molecule has 2 rings (SSSR count). The predicted molar refractivity (Wildman–Crippen MR) is 40.5 cm³/mol. The van der Waals surface area contributed by atoms with E-state index >= 15 is 0 Å². The molecule has 0 saturated carbocycles. The Morgan fingerprint density at radius 1 is 1.60 bits per heavy atom. The Labute approximate surface area is 63.6 Å². The van der Waals surface area contributed by atoms with Gasteiger partial charge < -0.3 is 4.74 Å². The Hall–Kier alpha value is -0.700. The van der Waals surface area contributed by atoms with Crippen LogP contribution in [0.2, 0.25) is 0 Å². The first-order valence-electron chi connectivity index (χ1n) is 3.17. The van der Waals surface area contributed by atoms with Crippen LogP contribution >= 0.6 is 11.8 Å². The second-order valence-electron chi connectivity index (χ2n) is 2.00. The molecular weight excluding hydrogens is 146 g/mol. The van der Waals surface area contributed by atoms with Gasteiger partial charge in [-0.2, -0.15) is 0 Å². The van der Waals surface area contributed by atoms with Crippen LogP contribution in [0.4, 0.5) is 0 Å². The predicted octanol–water partition coefficient (Wildman–Crippen LogP) is 1.57. The molecule has 10 heavy (non-hydrogen) atoms. The summed E-state index contributed by atoms with van der Waals surface area (Å²) in [5, 5.41) is 0. The number of hydrogen-bond acceptors (Lipinski definition) is 3. The summed E-state index contributed by atoms with van der Waals surface area (Å²) in [6.07, 6.45) is 1.75. The van der Waals surface area contributed by atoms with Crippen LogP contribution in [0.1, 0.15) is 0 Å². The Balaban J connectivity index is 2.41. The third-order valence-electron chi connectivity index (χ3n) is 1.32. The van der Waals surface area contributed by atoms with Crippen molar-refractivity contribution < 1.29 is 4.74 Å². The van der Waals surface area contributed by atoms with Gasteiger partial charge in [0.1, 0.15) is 0 Å². The monoisotopic (exact) mass is 153 g/mol. The van der Waals surface area contributed by atoms with Gasteiger partial charge in [0.15, 0.2) is 0 Å². The van der Waals surface area contributed by atoms with Crippen LogP contribution in [-0.4, -0.2) is 17.3 Å². The molecule has 0 aliphatic carbocycles. The highest BCUT2D eigenvalue weighted by Gasteiger charge is 2.09. The van der Waals surface area contributed by atoms with E-state index < -0.39 is 0 Å². The number of aromatic nitrogens is 1. The molecule has 1 aliphatic rings. The first kappa shape index (κ1) is 6.04. The standard InChI is InChI=1S/C7H7NOS/c1-2-6-7(8-3-1)9-4-5-10-6/h1-3H,4-5H2. The second kappa shape index (κ2) is 2.50. The van der Waals surface area contributed by atoms with Crippen molar-refractivity contribution in [2.45, 2.75) is 4.90 Å². The maximum absolute atomic E-state index is 5.29. The van der Waals surface area contributed by atoms with Crippen LogP contribution in [0.5, 0.6) is 5.88 Å². The van der Waals surface area contributed by atoms with E-state index in [1.165, 1.54) is 0 Å². The SMILES string of the molecule is c1cnc2c(c1)SCCO2. The molecule has 2 nitrogen and oxygen atoms in total. The molecule has 0 bridgehead atoms. The van der Waals surface area contributed by atoms with Crippen LogP contribution in [0.25, 0.3) is 0 Å². The number of pyridine rings is 1. The highest BCUT2D eigenvalue weighted by atomic mass is 32.2. The van der Waals surface area contributed by atoms with Crippen molar-refractivity contribution in [1.29, 1.82) is 0 Å². The highest BCUT2D eigenvalue weighted by molar-refractivity contribution is 7.99. The van der Waals surface area contributed by atoms with E-state index in [0.29, 0.717) is 0 Å². The molecule has 0 atom stereocenters. The third kappa shape index (κ3) is 0.968. The lowest BCUT2D eigenvalue weighted by Gasteiger charge is -2.13. The van der Waals surface area contributed by atoms with Crippen LogP contribution in [-0.2, 0) is 0 Å². The van der Waals surface area contributed by atoms with Crippen molar-refractivity contribution >= 4 is 11.8 Å². The lowest BCUT2D eigenvalue weighted by Crippen LogP contribution is -2.07. The molecule has 3 heteroatoms. The molecule has 52 valence electrons. The molecule has 0 saturated heterocycles. The molecular formula is C7H7NOS. The zero-order chi connectivity index (χ0) is 6.81.